The van der Waals surface area contributed by atoms with E-state index >= 15 is 0 Å². The summed E-state index contributed by atoms with van der Waals surface area (Å²) in [7, 11) is -5.86. The van der Waals surface area contributed by atoms with Gasteiger partial charge in [0.15, 0.2) is 0 Å². The van der Waals surface area contributed by atoms with Gasteiger partial charge in [0.2, 0.25) is 5.91 Å². The first kappa shape index (κ1) is 22.5. The van der Waals surface area contributed by atoms with Crippen LogP contribution in [0, 0.1) is 11.8 Å². The summed E-state index contributed by atoms with van der Waals surface area (Å²) >= 11 is 12.6. The van der Waals surface area contributed by atoms with E-state index in [0.29, 0.717) is 44.6 Å². The molecule has 1 aromatic rings. The lowest BCUT2D eigenvalue weighted by molar-refractivity contribution is -0.123. The molecule has 0 radical (unpaired) electrons. The van der Waals surface area contributed by atoms with E-state index in [1.165, 1.54) is 0 Å². The van der Waals surface area contributed by atoms with Gasteiger partial charge >= 0.3 is 15.6 Å². The number of nitrogens with one attached hydrogen (secondary N) is 1. The molecule has 1 aromatic carbocycles. The average molecular weight is 476 g/mol. The molecule has 1 amide bonds. The molecule has 2 atom stereocenters. The van der Waals surface area contributed by atoms with E-state index in [4.69, 9.17) is 27.9 Å². The lowest BCUT2D eigenvalue weighted by atomic mass is 9.73. The SMILES string of the molecule is O=C1NCCC1[C@H](c1c(Cl)cc(OS(=O)(=O)C(F)(F)F)cc1Cl)C1CCOCC1. The molecule has 3 rings (SSSR count). The maximum atomic E-state index is 12.6. The number of hydrogen-bond donors (Lipinski definition) is 1. The Morgan fingerprint density at radius 3 is 2.21 bits per heavy atom. The largest absolute Gasteiger partial charge is 0.534 e. The van der Waals surface area contributed by atoms with Gasteiger partial charge in [0.1, 0.15) is 5.75 Å². The molecule has 1 N–H and O–H groups in total. The highest BCUT2D eigenvalue weighted by Gasteiger charge is 2.49. The molecular formula is C17H18Cl2F3NO5S. The predicted octanol–water partition coefficient (Wildman–Crippen LogP) is 3.87. The zero-order chi connectivity index (χ0) is 21.4. The van der Waals surface area contributed by atoms with Crippen molar-refractivity contribution in [1.29, 1.82) is 0 Å². The fourth-order valence-electron chi connectivity index (χ4n) is 3.90. The summed E-state index contributed by atoms with van der Waals surface area (Å²) in [5.41, 5.74) is -5.18. The van der Waals surface area contributed by atoms with Crippen LogP contribution in [0.5, 0.6) is 5.75 Å². The van der Waals surface area contributed by atoms with Crippen LogP contribution >= 0.6 is 23.2 Å². The molecule has 0 saturated carbocycles. The van der Waals surface area contributed by atoms with Crippen LogP contribution in [0.4, 0.5) is 13.2 Å². The Morgan fingerprint density at radius 2 is 1.72 bits per heavy atom. The van der Waals surface area contributed by atoms with E-state index in [2.05, 4.69) is 9.50 Å². The number of carbonyl (C=O) groups excluding carboxylic acids is 1. The molecule has 0 spiro atoms. The highest BCUT2D eigenvalue weighted by Crippen LogP contribution is 2.47. The fourth-order valence-corrected chi connectivity index (χ4v) is 5.06. The van der Waals surface area contributed by atoms with Gasteiger partial charge in [-0.3, -0.25) is 4.79 Å². The Bertz CT molecular complexity index is 865. The summed E-state index contributed by atoms with van der Waals surface area (Å²) in [4.78, 5) is 12.4. The second-order valence-electron chi connectivity index (χ2n) is 6.95. The van der Waals surface area contributed by atoms with Gasteiger partial charge in [0.25, 0.3) is 0 Å². The molecule has 0 aromatic heterocycles. The van der Waals surface area contributed by atoms with Crippen LogP contribution in [0.3, 0.4) is 0 Å². The highest BCUT2D eigenvalue weighted by molar-refractivity contribution is 7.88. The number of amides is 1. The van der Waals surface area contributed by atoms with Crippen molar-refractivity contribution in [3.63, 3.8) is 0 Å². The van der Waals surface area contributed by atoms with Crippen molar-refractivity contribution in [3.8, 4) is 5.75 Å². The van der Waals surface area contributed by atoms with Gasteiger partial charge in [-0.2, -0.15) is 21.6 Å². The molecule has 1 unspecified atom stereocenters. The first-order chi connectivity index (χ1) is 13.5. The standard InChI is InChI=1S/C17H18Cl2F3NO5S/c18-12-7-10(28-29(25,26)17(20,21)22)8-13(19)15(12)14(9-2-5-27-6-3-9)11-1-4-23-16(11)24/h7-9,11,14H,1-6H2,(H,23,24)/t11?,14-/m1/s1. The lowest BCUT2D eigenvalue weighted by Crippen LogP contribution is -2.32. The number of alkyl halides is 3. The molecule has 2 aliphatic rings. The minimum absolute atomic E-state index is 0.0262. The van der Waals surface area contributed by atoms with Crippen molar-refractivity contribution >= 4 is 39.2 Å². The average Bonchev–Trinajstić information content (AvgIpc) is 3.03. The molecule has 2 fully saturated rings. The van der Waals surface area contributed by atoms with Crippen LogP contribution in [-0.2, 0) is 19.6 Å². The maximum Gasteiger partial charge on any atom is 0.534 e. The van der Waals surface area contributed by atoms with Crippen molar-refractivity contribution in [1.82, 2.24) is 5.32 Å². The van der Waals surface area contributed by atoms with E-state index in [1.54, 1.807) is 0 Å². The number of benzene rings is 1. The molecule has 162 valence electrons. The van der Waals surface area contributed by atoms with Crippen molar-refractivity contribution in [2.24, 2.45) is 11.8 Å². The van der Waals surface area contributed by atoms with Crippen LogP contribution < -0.4 is 9.50 Å². The number of rotatable bonds is 5. The topological polar surface area (TPSA) is 81.7 Å². The van der Waals surface area contributed by atoms with Crippen molar-refractivity contribution in [2.75, 3.05) is 19.8 Å². The van der Waals surface area contributed by atoms with Gasteiger partial charge in [-0.15, -0.1) is 0 Å². The molecule has 0 aliphatic carbocycles. The zero-order valence-electron chi connectivity index (χ0n) is 15.0. The summed E-state index contributed by atoms with van der Waals surface area (Å²) < 4.78 is 69.8. The summed E-state index contributed by atoms with van der Waals surface area (Å²) in [5.74, 6) is -1.55. The van der Waals surface area contributed by atoms with Crippen LogP contribution in [-0.4, -0.2) is 39.6 Å². The van der Waals surface area contributed by atoms with Gasteiger partial charge in [0.05, 0.1) is 0 Å². The summed E-state index contributed by atoms with van der Waals surface area (Å²) in [6.45, 7) is 1.52. The van der Waals surface area contributed by atoms with E-state index in [9.17, 15) is 26.4 Å². The van der Waals surface area contributed by atoms with E-state index < -0.39 is 27.3 Å². The number of carbonyl (C=O) groups is 1. The van der Waals surface area contributed by atoms with Gasteiger partial charge in [-0.05, 0) is 30.7 Å². The monoisotopic (exact) mass is 475 g/mol. The number of halogens is 5. The number of ether oxygens (including phenoxy) is 1. The van der Waals surface area contributed by atoms with Crippen molar-refractivity contribution in [3.05, 3.63) is 27.7 Å². The molecular weight excluding hydrogens is 458 g/mol. The van der Waals surface area contributed by atoms with Gasteiger partial charge in [-0.1, -0.05) is 23.2 Å². The normalized spacial score (nSPS) is 22.4. The Hall–Kier alpha value is -1.23. The van der Waals surface area contributed by atoms with Gasteiger partial charge in [0, 0.05) is 53.8 Å². The fraction of sp³-hybridized carbons (Fsp3) is 0.588. The smallest absolute Gasteiger partial charge is 0.381 e. The predicted molar refractivity (Wildman–Crippen MR) is 99.5 cm³/mol. The first-order valence-electron chi connectivity index (χ1n) is 8.86. The Kier molecular flexibility index (Phi) is 6.57. The quantitative estimate of drug-likeness (QED) is 0.516. The molecule has 2 saturated heterocycles. The minimum atomic E-state index is -5.86. The second-order valence-corrected chi connectivity index (χ2v) is 9.30. The van der Waals surface area contributed by atoms with Crippen LogP contribution in [0.2, 0.25) is 10.0 Å². The third-order valence-electron chi connectivity index (χ3n) is 5.17. The second kappa shape index (κ2) is 8.49. The van der Waals surface area contributed by atoms with Gasteiger partial charge < -0.3 is 14.2 Å². The first-order valence-corrected chi connectivity index (χ1v) is 11.0. The number of hydrogen-bond acceptors (Lipinski definition) is 5. The Labute approximate surface area is 175 Å². The highest BCUT2D eigenvalue weighted by atomic mass is 35.5. The Balaban J connectivity index is 1.99. The van der Waals surface area contributed by atoms with E-state index in [-0.39, 0.29) is 27.8 Å². The van der Waals surface area contributed by atoms with Crippen LogP contribution in [0.25, 0.3) is 0 Å². The van der Waals surface area contributed by atoms with E-state index in [1.807, 2.05) is 0 Å². The maximum absolute atomic E-state index is 12.6. The summed E-state index contributed by atoms with van der Waals surface area (Å²) in [6.07, 6.45) is 1.90. The van der Waals surface area contributed by atoms with Crippen LogP contribution in [0.1, 0.15) is 30.7 Å². The van der Waals surface area contributed by atoms with Crippen LogP contribution in [0.15, 0.2) is 12.1 Å². The lowest BCUT2D eigenvalue weighted by Gasteiger charge is -2.34. The third-order valence-corrected chi connectivity index (χ3v) is 6.78. The van der Waals surface area contributed by atoms with Crippen molar-refractivity contribution < 1.29 is 35.3 Å². The molecule has 6 nitrogen and oxygen atoms in total. The molecule has 0 bridgehead atoms. The van der Waals surface area contributed by atoms with Gasteiger partial charge in [-0.25, -0.2) is 0 Å². The Morgan fingerprint density at radius 1 is 1.14 bits per heavy atom. The molecule has 12 heteroatoms. The molecule has 2 aliphatic heterocycles. The molecule has 29 heavy (non-hydrogen) atoms. The zero-order valence-corrected chi connectivity index (χ0v) is 17.3. The third kappa shape index (κ3) is 4.76. The van der Waals surface area contributed by atoms with Crippen molar-refractivity contribution in [2.45, 2.75) is 30.7 Å². The molecule has 2 heterocycles. The van der Waals surface area contributed by atoms with E-state index in [0.717, 1.165) is 12.1 Å². The summed E-state index contributed by atoms with van der Waals surface area (Å²) in [6, 6.07) is 1.95. The summed E-state index contributed by atoms with van der Waals surface area (Å²) in [5, 5.41) is 2.66. The minimum Gasteiger partial charge on any atom is -0.381 e.